The third kappa shape index (κ3) is 2.76. The molecule has 0 aliphatic rings. The fraction of sp³-hybridized carbons (Fsp3) is 0.0909. The van der Waals surface area contributed by atoms with Crippen LogP contribution in [0.3, 0.4) is 0 Å². The quantitative estimate of drug-likeness (QED) is 0.909. The van der Waals surface area contributed by atoms with Crippen LogP contribution in [0.2, 0.25) is 5.02 Å². The summed E-state index contributed by atoms with van der Waals surface area (Å²) < 4.78 is 6.25. The molecule has 2 rings (SSSR count). The highest BCUT2D eigenvalue weighted by Crippen LogP contribution is 2.19. The molecule has 15 heavy (non-hydrogen) atoms. The molecule has 1 heterocycles. The molecule has 0 unspecified atom stereocenters. The summed E-state index contributed by atoms with van der Waals surface area (Å²) in [6, 6.07) is 9.43. The first-order valence-corrected chi connectivity index (χ1v) is 5.64. The fourth-order valence-electron chi connectivity index (χ4n) is 1.20. The van der Waals surface area contributed by atoms with Gasteiger partial charge < -0.3 is 9.73 Å². The third-order valence-corrected chi connectivity index (χ3v) is 2.95. The molecular weight excluding hydrogens is 277 g/mol. The Hall–Kier alpha value is -0.930. The molecule has 78 valence electrons. The van der Waals surface area contributed by atoms with Crippen molar-refractivity contribution in [3.05, 3.63) is 51.9 Å². The largest absolute Gasteiger partial charge is 0.466 e. The van der Waals surface area contributed by atoms with Gasteiger partial charge in [-0.1, -0.05) is 11.6 Å². The Kier molecular flexibility index (Phi) is 3.34. The van der Waals surface area contributed by atoms with Crippen molar-refractivity contribution in [1.29, 1.82) is 0 Å². The van der Waals surface area contributed by atoms with Gasteiger partial charge in [0, 0.05) is 10.7 Å². The first-order chi connectivity index (χ1) is 7.25. The smallest absolute Gasteiger partial charge is 0.136 e. The third-order valence-electron chi connectivity index (χ3n) is 1.99. The van der Waals surface area contributed by atoms with Crippen LogP contribution < -0.4 is 5.32 Å². The van der Waals surface area contributed by atoms with Crippen molar-refractivity contribution in [3.8, 4) is 0 Å². The fourth-order valence-corrected chi connectivity index (χ4v) is 1.67. The predicted molar refractivity (Wildman–Crippen MR) is 65.2 cm³/mol. The van der Waals surface area contributed by atoms with Crippen LogP contribution >= 0.6 is 27.5 Å². The molecular formula is C11H9BrClNO. The first kappa shape index (κ1) is 10.6. The van der Waals surface area contributed by atoms with Gasteiger partial charge in [-0.3, -0.25) is 0 Å². The van der Waals surface area contributed by atoms with Crippen LogP contribution in [0.25, 0.3) is 0 Å². The zero-order valence-electron chi connectivity index (χ0n) is 7.84. The topological polar surface area (TPSA) is 25.2 Å². The second kappa shape index (κ2) is 4.73. The minimum absolute atomic E-state index is 0.648. The van der Waals surface area contributed by atoms with Crippen molar-refractivity contribution in [3.63, 3.8) is 0 Å². The van der Waals surface area contributed by atoms with E-state index in [1.807, 2.05) is 30.3 Å². The molecule has 1 aromatic heterocycles. The van der Waals surface area contributed by atoms with Crippen LogP contribution in [0.4, 0.5) is 5.69 Å². The van der Waals surface area contributed by atoms with Gasteiger partial charge in [-0.25, -0.2) is 0 Å². The van der Waals surface area contributed by atoms with E-state index in [1.54, 1.807) is 6.26 Å². The molecule has 2 nitrogen and oxygen atoms in total. The van der Waals surface area contributed by atoms with Gasteiger partial charge in [0.25, 0.3) is 0 Å². The Morgan fingerprint density at radius 1 is 1.20 bits per heavy atom. The highest BCUT2D eigenvalue weighted by molar-refractivity contribution is 9.10. The number of nitrogens with one attached hydrogen (secondary N) is 1. The minimum atomic E-state index is 0.648. The zero-order valence-corrected chi connectivity index (χ0v) is 10.2. The van der Waals surface area contributed by atoms with Crippen molar-refractivity contribution >= 4 is 33.2 Å². The van der Waals surface area contributed by atoms with Crippen LogP contribution in [0.5, 0.6) is 0 Å². The number of hydrogen-bond donors (Lipinski definition) is 1. The minimum Gasteiger partial charge on any atom is -0.466 e. The van der Waals surface area contributed by atoms with Crippen molar-refractivity contribution in [2.75, 3.05) is 5.32 Å². The summed E-state index contributed by atoms with van der Waals surface area (Å²) in [5, 5.41) is 3.97. The Bertz CT molecular complexity index is 438. The van der Waals surface area contributed by atoms with Crippen LogP contribution in [0, 0.1) is 0 Å². The summed E-state index contributed by atoms with van der Waals surface area (Å²) in [6.45, 7) is 0.648. The van der Waals surface area contributed by atoms with E-state index in [-0.39, 0.29) is 0 Å². The van der Waals surface area contributed by atoms with Gasteiger partial charge in [-0.2, -0.15) is 0 Å². The van der Waals surface area contributed by atoms with Crippen LogP contribution in [-0.4, -0.2) is 0 Å². The van der Waals surface area contributed by atoms with Gasteiger partial charge in [0.1, 0.15) is 5.76 Å². The van der Waals surface area contributed by atoms with E-state index in [0.29, 0.717) is 6.54 Å². The summed E-state index contributed by atoms with van der Waals surface area (Å²) >= 11 is 9.18. The maximum absolute atomic E-state index is 5.78. The molecule has 0 radical (unpaired) electrons. The Balaban J connectivity index is 1.99. The Morgan fingerprint density at radius 3 is 2.53 bits per heavy atom. The number of hydrogen-bond acceptors (Lipinski definition) is 2. The molecule has 0 fully saturated rings. The molecule has 1 N–H and O–H groups in total. The molecule has 0 aliphatic heterocycles. The Labute approximate surface area is 101 Å². The lowest BCUT2D eigenvalue weighted by atomic mass is 10.3. The van der Waals surface area contributed by atoms with Gasteiger partial charge in [0.2, 0.25) is 0 Å². The maximum atomic E-state index is 5.78. The van der Waals surface area contributed by atoms with Crippen molar-refractivity contribution < 1.29 is 4.42 Å². The molecule has 4 heteroatoms. The molecule has 2 aromatic rings. The van der Waals surface area contributed by atoms with Crippen LogP contribution in [-0.2, 0) is 6.54 Å². The molecule has 0 bridgehead atoms. The summed E-state index contributed by atoms with van der Waals surface area (Å²) in [4.78, 5) is 0. The molecule has 0 atom stereocenters. The van der Waals surface area contributed by atoms with Gasteiger partial charge in [-0.05, 0) is 46.3 Å². The van der Waals surface area contributed by atoms with Crippen molar-refractivity contribution in [2.45, 2.75) is 6.54 Å². The average molecular weight is 287 g/mol. The van der Waals surface area contributed by atoms with Crippen LogP contribution in [0.15, 0.2) is 45.5 Å². The highest BCUT2D eigenvalue weighted by atomic mass is 79.9. The number of anilines is 1. The van der Waals surface area contributed by atoms with Crippen molar-refractivity contribution in [1.82, 2.24) is 0 Å². The summed E-state index contributed by atoms with van der Waals surface area (Å²) in [5.74, 6) is 0.880. The lowest BCUT2D eigenvalue weighted by Gasteiger charge is -2.04. The molecule has 0 saturated carbocycles. The van der Waals surface area contributed by atoms with Gasteiger partial charge in [-0.15, -0.1) is 0 Å². The summed E-state index contributed by atoms with van der Waals surface area (Å²) in [7, 11) is 0. The standard InChI is InChI=1S/C11H9BrClNO/c12-10-5-6-15-11(10)7-14-9-3-1-8(13)2-4-9/h1-6,14H,7H2. The van der Waals surface area contributed by atoms with E-state index in [1.165, 1.54) is 0 Å². The van der Waals surface area contributed by atoms with Gasteiger partial charge in [0.15, 0.2) is 0 Å². The normalized spacial score (nSPS) is 10.3. The van der Waals surface area contributed by atoms with E-state index in [2.05, 4.69) is 21.2 Å². The summed E-state index contributed by atoms with van der Waals surface area (Å²) in [5.41, 5.74) is 1.02. The second-order valence-corrected chi connectivity index (χ2v) is 4.34. The molecule has 0 amide bonds. The zero-order chi connectivity index (χ0) is 10.7. The number of halogens is 2. The van der Waals surface area contributed by atoms with E-state index in [9.17, 15) is 0 Å². The van der Waals surface area contributed by atoms with E-state index in [0.717, 1.165) is 20.9 Å². The monoisotopic (exact) mass is 285 g/mol. The van der Waals surface area contributed by atoms with Crippen molar-refractivity contribution in [2.24, 2.45) is 0 Å². The van der Waals surface area contributed by atoms with Crippen LogP contribution in [0.1, 0.15) is 5.76 Å². The second-order valence-electron chi connectivity index (χ2n) is 3.05. The first-order valence-electron chi connectivity index (χ1n) is 4.47. The number of furan rings is 1. The van der Waals surface area contributed by atoms with E-state index < -0.39 is 0 Å². The average Bonchev–Trinajstić information content (AvgIpc) is 2.63. The lowest BCUT2D eigenvalue weighted by molar-refractivity contribution is 0.516. The maximum Gasteiger partial charge on any atom is 0.136 e. The number of rotatable bonds is 3. The number of benzene rings is 1. The highest BCUT2D eigenvalue weighted by Gasteiger charge is 2.02. The van der Waals surface area contributed by atoms with Gasteiger partial charge in [0.05, 0.1) is 17.3 Å². The Morgan fingerprint density at radius 2 is 1.93 bits per heavy atom. The summed E-state index contributed by atoms with van der Waals surface area (Å²) in [6.07, 6.45) is 1.66. The molecule has 0 spiro atoms. The van der Waals surface area contributed by atoms with E-state index >= 15 is 0 Å². The molecule has 0 aliphatic carbocycles. The predicted octanol–water partition coefficient (Wildman–Crippen LogP) is 4.31. The SMILES string of the molecule is Clc1ccc(NCc2occc2Br)cc1. The molecule has 1 aromatic carbocycles. The van der Waals surface area contributed by atoms with E-state index in [4.69, 9.17) is 16.0 Å². The lowest BCUT2D eigenvalue weighted by Crippen LogP contribution is -1.98. The molecule has 0 saturated heterocycles. The van der Waals surface area contributed by atoms with Gasteiger partial charge >= 0.3 is 0 Å².